The minimum atomic E-state index is -0.268. The van der Waals surface area contributed by atoms with E-state index >= 15 is 0 Å². The van der Waals surface area contributed by atoms with Gasteiger partial charge in [0.25, 0.3) is 0 Å². The normalized spacial score (nSPS) is 30.7. The van der Waals surface area contributed by atoms with E-state index in [1.165, 1.54) is 13.8 Å². The van der Waals surface area contributed by atoms with Crippen molar-refractivity contribution in [3.63, 3.8) is 0 Å². The van der Waals surface area contributed by atoms with Crippen molar-refractivity contribution in [3.05, 3.63) is 0 Å². The Morgan fingerprint density at radius 3 is 1.67 bits per heavy atom. The molecule has 15 heavy (non-hydrogen) atoms. The van der Waals surface area contributed by atoms with E-state index in [-0.39, 0.29) is 24.1 Å². The average molecular weight is 214 g/mol. The summed E-state index contributed by atoms with van der Waals surface area (Å²) in [5.41, 5.74) is 0. The zero-order valence-electron chi connectivity index (χ0n) is 9.49. The van der Waals surface area contributed by atoms with Crippen LogP contribution in [0.2, 0.25) is 0 Å². The van der Waals surface area contributed by atoms with Crippen LogP contribution in [0.25, 0.3) is 0 Å². The molecule has 86 valence electrons. The first-order valence-corrected chi connectivity index (χ1v) is 5.31. The van der Waals surface area contributed by atoms with Crippen molar-refractivity contribution in [2.24, 2.45) is 5.92 Å². The van der Waals surface area contributed by atoms with E-state index in [2.05, 4.69) is 6.92 Å². The molecule has 0 aliphatic heterocycles. The lowest BCUT2D eigenvalue weighted by Crippen LogP contribution is -2.34. The third-order valence-corrected chi connectivity index (χ3v) is 2.52. The van der Waals surface area contributed by atoms with Crippen molar-refractivity contribution in [1.82, 2.24) is 0 Å². The van der Waals surface area contributed by atoms with Crippen molar-refractivity contribution in [1.29, 1.82) is 0 Å². The van der Waals surface area contributed by atoms with E-state index < -0.39 is 0 Å². The lowest BCUT2D eigenvalue weighted by atomic mass is 9.86. The maximum absolute atomic E-state index is 10.8. The summed E-state index contributed by atoms with van der Waals surface area (Å²) in [4.78, 5) is 21.6. The van der Waals surface area contributed by atoms with E-state index in [1.54, 1.807) is 0 Å². The predicted molar refractivity (Wildman–Crippen MR) is 54.1 cm³/mol. The van der Waals surface area contributed by atoms with Gasteiger partial charge in [0.1, 0.15) is 12.2 Å². The molecule has 0 spiro atoms. The van der Waals surface area contributed by atoms with Crippen molar-refractivity contribution >= 4 is 11.9 Å². The molecule has 0 N–H and O–H groups in total. The molecule has 0 amide bonds. The molecule has 1 aliphatic rings. The molecule has 1 saturated carbocycles. The Morgan fingerprint density at radius 2 is 1.33 bits per heavy atom. The Hall–Kier alpha value is -1.06. The van der Waals surface area contributed by atoms with Crippen LogP contribution in [0.3, 0.4) is 0 Å². The standard InChI is InChI=1S/C11H18O4/c1-7-4-10(14-8(2)12)6-11(5-7)15-9(3)13/h7,10-11H,4-6H2,1-3H3. The summed E-state index contributed by atoms with van der Waals surface area (Å²) in [6.45, 7) is 4.88. The fourth-order valence-corrected chi connectivity index (χ4v) is 2.14. The van der Waals surface area contributed by atoms with Gasteiger partial charge in [-0.1, -0.05) is 6.92 Å². The van der Waals surface area contributed by atoms with Crippen LogP contribution < -0.4 is 0 Å². The SMILES string of the molecule is CC(=O)OC1CC(C)CC(OC(C)=O)C1. The van der Waals surface area contributed by atoms with Crippen molar-refractivity contribution in [2.75, 3.05) is 0 Å². The molecular weight excluding hydrogens is 196 g/mol. The number of hydrogen-bond acceptors (Lipinski definition) is 4. The minimum Gasteiger partial charge on any atom is -0.462 e. The summed E-state index contributed by atoms with van der Waals surface area (Å²) in [5.74, 6) is -0.112. The van der Waals surface area contributed by atoms with Crippen LogP contribution in [0.5, 0.6) is 0 Å². The van der Waals surface area contributed by atoms with Gasteiger partial charge in [-0.15, -0.1) is 0 Å². The van der Waals surface area contributed by atoms with Gasteiger partial charge in [0.15, 0.2) is 0 Å². The Kier molecular flexibility index (Phi) is 4.12. The van der Waals surface area contributed by atoms with E-state index in [0.29, 0.717) is 12.3 Å². The highest BCUT2D eigenvalue weighted by molar-refractivity contribution is 5.66. The second-order valence-corrected chi connectivity index (χ2v) is 4.28. The Balaban J connectivity index is 2.47. The van der Waals surface area contributed by atoms with Crippen LogP contribution >= 0.6 is 0 Å². The molecule has 2 atom stereocenters. The predicted octanol–water partition coefficient (Wildman–Crippen LogP) is 1.67. The molecule has 0 aromatic carbocycles. The van der Waals surface area contributed by atoms with E-state index in [0.717, 1.165) is 12.8 Å². The maximum atomic E-state index is 10.8. The first kappa shape index (κ1) is 12.0. The van der Waals surface area contributed by atoms with Crippen molar-refractivity contribution in [2.45, 2.75) is 52.2 Å². The zero-order chi connectivity index (χ0) is 11.4. The lowest BCUT2D eigenvalue weighted by molar-refractivity contribution is -0.157. The van der Waals surface area contributed by atoms with E-state index in [9.17, 15) is 9.59 Å². The van der Waals surface area contributed by atoms with Crippen LogP contribution in [0, 0.1) is 5.92 Å². The number of esters is 2. The molecule has 1 rings (SSSR count). The third-order valence-electron chi connectivity index (χ3n) is 2.52. The van der Waals surface area contributed by atoms with Gasteiger partial charge in [-0.25, -0.2) is 0 Å². The van der Waals surface area contributed by atoms with Crippen LogP contribution in [0.15, 0.2) is 0 Å². The monoisotopic (exact) mass is 214 g/mol. The Labute approximate surface area is 89.9 Å². The molecule has 0 saturated heterocycles. The van der Waals surface area contributed by atoms with Crippen molar-refractivity contribution in [3.8, 4) is 0 Å². The topological polar surface area (TPSA) is 52.6 Å². The smallest absolute Gasteiger partial charge is 0.302 e. The molecule has 0 aromatic rings. The molecular formula is C11H18O4. The molecule has 0 aromatic heterocycles. The summed E-state index contributed by atoms with van der Waals surface area (Å²) < 4.78 is 10.3. The van der Waals surface area contributed by atoms with Gasteiger partial charge in [0.05, 0.1) is 0 Å². The summed E-state index contributed by atoms with van der Waals surface area (Å²) in [6.07, 6.45) is 2.14. The number of hydrogen-bond donors (Lipinski definition) is 0. The second kappa shape index (κ2) is 5.14. The van der Waals surface area contributed by atoms with Crippen LogP contribution in [0.1, 0.15) is 40.0 Å². The Morgan fingerprint density at radius 1 is 0.933 bits per heavy atom. The molecule has 4 heteroatoms. The minimum absolute atomic E-state index is 0.101. The van der Waals surface area contributed by atoms with Gasteiger partial charge in [0, 0.05) is 20.3 Å². The number of rotatable bonds is 2. The summed E-state index contributed by atoms with van der Waals surface area (Å²) in [6, 6.07) is 0. The fourth-order valence-electron chi connectivity index (χ4n) is 2.14. The van der Waals surface area contributed by atoms with E-state index in [4.69, 9.17) is 9.47 Å². The van der Waals surface area contributed by atoms with E-state index in [1.807, 2.05) is 0 Å². The number of carbonyl (C=O) groups is 2. The van der Waals surface area contributed by atoms with Crippen molar-refractivity contribution < 1.29 is 19.1 Å². The van der Waals surface area contributed by atoms with Gasteiger partial charge in [-0.3, -0.25) is 9.59 Å². The quantitative estimate of drug-likeness (QED) is 0.656. The summed E-state index contributed by atoms with van der Waals surface area (Å²) in [5, 5.41) is 0. The van der Waals surface area contributed by atoms with Crippen LogP contribution in [-0.2, 0) is 19.1 Å². The highest BCUT2D eigenvalue weighted by Crippen LogP contribution is 2.28. The molecule has 1 aliphatic carbocycles. The first-order valence-electron chi connectivity index (χ1n) is 5.31. The first-order chi connectivity index (χ1) is 6.97. The van der Waals surface area contributed by atoms with Gasteiger partial charge < -0.3 is 9.47 Å². The van der Waals surface area contributed by atoms with Crippen LogP contribution in [-0.4, -0.2) is 24.1 Å². The summed E-state index contributed by atoms with van der Waals surface area (Å²) >= 11 is 0. The highest BCUT2D eigenvalue weighted by atomic mass is 16.6. The largest absolute Gasteiger partial charge is 0.462 e. The molecule has 2 unspecified atom stereocenters. The lowest BCUT2D eigenvalue weighted by Gasteiger charge is -2.32. The zero-order valence-corrected chi connectivity index (χ0v) is 9.49. The van der Waals surface area contributed by atoms with Gasteiger partial charge >= 0.3 is 11.9 Å². The maximum Gasteiger partial charge on any atom is 0.302 e. The molecule has 4 nitrogen and oxygen atoms in total. The Bertz CT molecular complexity index is 225. The molecule has 0 bridgehead atoms. The molecule has 0 radical (unpaired) electrons. The van der Waals surface area contributed by atoms with Crippen LogP contribution in [0.4, 0.5) is 0 Å². The third kappa shape index (κ3) is 4.32. The number of carbonyl (C=O) groups excluding carboxylic acids is 2. The number of ether oxygens (including phenoxy) is 2. The van der Waals surface area contributed by atoms with Gasteiger partial charge in [0.2, 0.25) is 0 Å². The fraction of sp³-hybridized carbons (Fsp3) is 0.818. The highest BCUT2D eigenvalue weighted by Gasteiger charge is 2.30. The van der Waals surface area contributed by atoms with Gasteiger partial charge in [-0.05, 0) is 18.8 Å². The molecule has 0 heterocycles. The van der Waals surface area contributed by atoms with Gasteiger partial charge in [-0.2, -0.15) is 0 Å². The summed E-state index contributed by atoms with van der Waals surface area (Å²) in [7, 11) is 0. The molecule has 1 fully saturated rings. The second-order valence-electron chi connectivity index (χ2n) is 4.28. The average Bonchev–Trinajstić information content (AvgIpc) is 1.98.